The monoisotopic (exact) mass is 524 g/mol. The second kappa shape index (κ2) is 9.98. The molecular formula is C29H28N6O2S. The van der Waals surface area contributed by atoms with Crippen LogP contribution in [0.25, 0.3) is 33.2 Å². The van der Waals surface area contributed by atoms with Gasteiger partial charge < -0.3 is 4.98 Å². The van der Waals surface area contributed by atoms with Crippen molar-refractivity contribution in [3.63, 3.8) is 0 Å². The van der Waals surface area contributed by atoms with E-state index < -0.39 is 10.0 Å². The molecule has 2 aliphatic rings. The number of rotatable bonds is 4. The predicted octanol–water partition coefficient (Wildman–Crippen LogP) is 6.07. The Bertz CT molecular complexity index is 1800. The van der Waals surface area contributed by atoms with Crippen LogP contribution in [0.3, 0.4) is 0 Å². The normalized spacial score (nSPS) is 15.4. The summed E-state index contributed by atoms with van der Waals surface area (Å²) in [7, 11) is -3.67. The zero-order valence-electron chi connectivity index (χ0n) is 21.1. The molecule has 0 unspecified atom stereocenters. The molecular weight excluding hydrogens is 496 g/mol. The first-order valence-electron chi connectivity index (χ1n) is 12.8. The summed E-state index contributed by atoms with van der Waals surface area (Å²) in [5.41, 5.74) is 6.87. The Morgan fingerprint density at radius 2 is 1.45 bits per heavy atom. The molecule has 0 bridgehead atoms. The highest BCUT2D eigenvalue weighted by Crippen LogP contribution is 2.32. The van der Waals surface area contributed by atoms with Crippen LogP contribution in [0.15, 0.2) is 78.5 Å². The number of hydrogen-bond acceptors (Lipinski definition) is 6. The fraction of sp³-hybridized carbons (Fsp3) is 0.241. The highest BCUT2D eigenvalue weighted by atomic mass is 32.2. The molecule has 4 heterocycles. The van der Waals surface area contributed by atoms with E-state index in [-0.39, 0.29) is 4.90 Å². The largest absolute Gasteiger partial charge is 0.346 e. The number of aromatic amines is 1. The molecule has 0 atom stereocenters. The number of allylic oxidation sites excluding steroid dienone is 4. The maximum atomic E-state index is 12.9. The van der Waals surface area contributed by atoms with Gasteiger partial charge in [0, 0.05) is 23.2 Å². The van der Waals surface area contributed by atoms with E-state index in [2.05, 4.69) is 37.1 Å². The quantitative estimate of drug-likeness (QED) is 0.306. The predicted molar refractivity (Wildman–Crippen MR) is 149 cm³/mol. The van der Waals surface area contributed by atoms with Crippen molar-refractivity contribution in [3.05, 3.63) is 90.5 Å². The van der Waals surface area contributed by atoms with Gasteiger partial charge in [0.2, 0.25) is 0 Å². The Morgan fingerprint density at radius 3 is 2.11 bits per heavy atom. The van der Waals surface area contributed by atoms with E-state index in [4.69, 9.17) is 0 Å². The maximum Gasteiger partial charge on any atom is 0.269 e. The smallest absolute Gasteiger partial charge is 0.269 e. The third-order valence-corrected chi connectivity index (χ3v) is 8.75. The third kappa shape index (κ3) is 4.43. The molecule has 38 heavy (non-hydrogen) atoms. The van der Waals surface area contributed by atoms with Gasteiger partial charge in [-0.15, -0.1) is 0 Å². The van der Waals surface area contributed by atoms with Crippen LogP contribution < -0.4 is 0 Å². The SMILES string of the molecule is C1=C(c2ncnc3[nH]ccc23)CCC1.Cc1ccc(S(=O)(=O)n2ccc3c(C4=CCCC4)ncnc32)cc1. The van der Waals surface area contributed by atoms with E-state index >= 15 is 0 Å². The van der Waals surface area contributed by atoms with Crippen LogP contribution in [0.4, 0.5) is 0 Å². The molecule has 0 saturated heterocycles. The van der Waals surface area contributed by atoms with Crippen molar-refractivity contribution in [2.24, 2.45) is 0 Å². The van der Waals surface area contributed by atoms with Gasteiger partial charge in [-0.3, -0.25) is 0 Å². The number of H-pyrrole nitrogens is 1. The van der Waals surface area contributed by atoms with Crippen molar-refractivity contribution in [1.82, 2.24) is 28.9 Å². The van der Waals surface area contributed by atoms with Crippen molar-refractivity contribution in [1.29, 1.82) is 0 Å². The topological polar surface area (TPSA) is 106 Å². The highest BCUT2D eigenvalue weighted by Gasteiger charge is 2.22. The Kier molecular flexibility index (Phi) is 6.37. The Labute approximate surface area is 221 Å². The van der Waals surface area contributed by atoms with Gasteiger partial charge in [0.05, 0.1) is 16.3 Å². The van der Waals surface area contributed by atoms with E-state index in [0.717, 1.165) is 59.1 Å². The van der Waals surface area contributed by atoms with Gasteiger partial charge in [-0.2, -0.15) is 0 Å². The summed E-state index contributed by atoms with van der Waals surface area (Å²) in [5.74, 6) is 0. The van der Waals surface area contributed by atoms with Gasteiger partial charge >= 0.3 is 0 Å². The van der Waals surface area contributed by atoms with Gasteiger partial charge in [-0.25, -0.2) is 32.3 Å². The summed E-state index contributed by atoms with van der Waals surface area (Å²) in [4.78, 5) is 20.5. The minimum Gasteiger partial charge on any atom is -0.346 e. The number of benzene rings is 1. The number of nitrogens with zero attached hydrogens (tertiary/aromatic N) is 5. The van der Waals surface area contributed by atoms with Crippen molar-refractivity contribution in [2.75, 3.05) is 0 Å². The zero-order valence-corrected chi connectivity index (χ0v) is 21.9. The number of nitrogens with one attached hydrogen (secondary N) is 1. The molecule has 9 heteroatoms. The Morgan fingerprint density at radius 1 is 0.789 bits per heavy atom. The fourth-order valence-electron chi connectivity index (χ4n) is 5.10. The summed E-state index contributed by atoms with van der Waals surface area (Å²) in [6.07, 6.45) is 17.7. The minimum absolute atomic E-state index is 0.255. The van der Waals surface area contributed by atoms with E-state index in [1.807, 2.05) is 19.2 Å². The minimum atomic E-state index is -3.67. The van der Waals surface area contributed by atoms with E-state index in [9.17, 15) is 8.42 Å². The summed E-state index contributed by atoms with van der Waals surface area (Å²) in [6, 6.07) is 10.7. The summed E-state index contributed by atoms with van der Waals surface area (Å²) < 4.78 is 27.1. The van der Waals surface area contributed by atoms with Crippen LogP contribution in [-0.2, 0) is 10.0 Å². The molecule has 0 aliphatic heterocycles. The summed E-state index contributed by atoms with van der Waals surface area (Å²) >= 11 is 0. The first-order valence-corrected chi connectivity index (χ1v) is 14.3. The van der Waals surface area contributed by atoms with Crippen LogP contribution in [-0.4, -0.2) is 37.3 Å². The average molecular weight is 525 g/mol. The van der Waals surface area contributed by atoms with E-state index in [1.54, 1.807) is 42.9 Å². The fourth-order valence-corrected chi connectivity index (χ4v) is 6.40. The summed E-state index contributed by atoms with van der Waals surface area (Å²) in [5, 5.41) is 1.92. The van der Waals surface area contributed by atoms with Gasteiger partial charge in [-0.1, -0.05) is 29.8 Å². The average Bonchev–Trinajstić information content (AvgIpc) is 3.76. The van der Waals surface area contributed by atoms with Gasteiger partial charge in [0.15, 0.2) is 5.65 Å². The lowest BCUT2D eigenvalue weighted by atomic mass is 10.1. The molecule has 0 fully saturated rings. The molecule has 2 aliphatic carbocycles. The molecule has 0 spiro atoms. The lowest BCUT2D eigenvalue weighted by molar-refractivity contribution is 0.588. The lowest BCUT2D eigenvalue weighted by Gasteiger charge is -2.08. The number of hydrogen-bond donors (Lipinski definition) is 1. The highest BCUT2D eigenvalue weighted by molar-refractivity contribution is 7.90. The van der Waals surface area contributed by atoms with Crippen LogP contribution in [0.1, 0.15) is 55.5 Å². The number of aryl methyl sites for hydroxylation is 1. The van der Waals surface area contributed by atoms with Gasteiger partial charge in [0.25, 0.3) is 10.0 Å². The molecule has 8 nitrogen and oxygen atoms in total. The van der Waals surface area contributed by atoms with E-state index in [1.165, 1.54) is 34.3 Å². The van der Waals surface area contributed by atoms with Gasteiger partial charge in [0.1, 0.15) is 18.3 Å². The molecule has 0 radical (unpaired) electrons. The Balaban J connectivity index is 0.000000159. The van der Waals surface area contributed by atoms with E-state index in [0.29, 0.717) is 5.65 Å². The molecule has 1 aromatic carbocycles. The van der Waals surface area contributed by atoms with Crippen LogP contribution in [0, 0.1) is 6.92 Å². The lowest BCUT2D eigenvalue weighted by Crippen LogP contribution is -2.12. The molecule has 192 valence electrons. The van der Waals surface area contributed by atoms with Crippen LogP contribution >= 0.6 is 0 Å². The third-order valence-electron chi connectivity index (χ3n) is 7.07. The molecule has 0 amide bonds. The molecule has 5 aromatic rings. The molecule has 7 rings (SSSR count). The standard InChI is InChI=1S/C18H17N3O2S.C11H11N3/c1-13-6-8-15(9-7-13)24(22,23)21-11-10-16-17(14-4-2-3-5-14)19-12-20-18(16)21;1-2-4-8(3-1)10-9-5-6-12-11(9)14-7-13-10/h4,6-12H,2-3,5H2,1H3;3,5-7H,1-2,4H2,(H,12,13,14). The van der Waals surface area contributed by atoms with Crippen LogP contribution in [0.5, 0.6) is 0 Å². The first kappa shape index (κ1) is 24.2. The van der Waals surface area contributed by atoms with Crippen molar-refractivity contribution < 1.29 is 8.42 Å². The molecule has 1 N–H and O–H groups in total. The first-order chi connectivity index (χ1) is 18.5. The second-order valence-electron chi connectivity index (χ2n) is 9.59. The van der Waals surface area contributed by atoms with Crippen LogP contribution in [0.2, 0.25) is 0 Å². The molecule has 0 saturated carbocycles. The van der Waals surface area contributed by atoms with Crippen molar-refractivity contribution in [3.8, 4) is 0 Å². The maximum absolute atomic E-state index is 12.9. The van der Waals surface area contributed by atoms with Crippen molar-refractivity contribution >= 4 is 43.2 Å². The Hall–Kier alpha value is -4.11. The number of fused-ring (bicyclic) bond motifs is 2. The number of aromatic nitrogens is 6. The molecule has 4 aromatic heterocycles. The van der Waals surface area contributed by atoms with Crippen molar-refractivity contribution in [2.45, 2.75) is 50.3 Å². The second-order valence-corrected chi connectivity index (χ2v) is 11.4. The summed E-state index contributed by atoms with van der Waals surface area (Å²) in [6.45, 7) is 1.93. The van der Waals surface area contributed by atoms with Gasteiger partial charge in [-0.05, 0) is 80.9 Å². The zero-order chi connectivity index (χ0) is 26.1.